The van der Waals surface area contributed by atoms with Crippen LogP contribution in [0.15, 0.2) is 59.6 Å². The smallest absolute Gasteiger partial charge is 0.312 e. The first kappa shape index (κ1) is 24.9. The highest BCUT2D eigenvalue weighted by atomic mass is 19.4. The molecule has 1 saturated carbocycles. The van der Waals surface area contributed by atoms with Crippen molar-refractivity contribution < 1.29 is 22.8 Å². The number of alkyl halides is 3. The highest BCUT2D eigenvalue weighted by molar-refractivity contribution is 6.17. The summed E-state index contributed by atoms with van der Waals surface area (Å²) in [7, 11) is 0. The van der Waals surface area contributed by atoms with E-state index in [-0.39, 0.29) is 16.8 Å². The minimum Gasteiger partial charge on any atom is -0.312 e. The van der Waals surface area contributed by atoms with Gasteiger partial charge in [0.15, 0.2) is 0 Å². The molecule has 0 radical (unpaired) electrons. The topological polar surface area (TPSA) is 61.8 Å². The van der Waals surface area contributed by atoms with Crippen LogP contribution in [0.3, 0.4) is 0 Å². The molecule has 4 rings (SSSR count). The van der Waals surface area contributed by atoms with Gasteiger partial charge in [0.05, 0.1) is 0 Å². The number of aliphatic imine (C=N–C) groups is 1. The summed E-state index contributed by atoms with van der Waals surface area (Å²) in [5, 5.41) is 1.98. The minimum atomic E-state index is -5.13. The molecule has 8 heteroatoms. The minimum absolute atomic E-state index is 0.0296. The maximum Gasteiger partial charge on any atom is 0.442 e. The summed E-state index contributed by atoms with van der Waals surface area (Å²) in [4.78, 5) is 31.7. The molecule has 1 atom stereocenters. The van der Waals surface area contributed by atoms with Crippen molar-refractivity contribution in [2.75, 3.05) is 0 Å². The summed E-state index contributed by atoms with van der Waals surface area (Å²) in [5.41, 5.74) is -2.19. The Morgan fingerprint density at radius 1 is 0.971 bits per heavy atom. The maximum absolute atomic E-state index is 14.6. The normalized spacial score (nSPS) is 21.7. The summed E-state index contributed by atoms with van der Waals surface area (Å²) in [6.07, 6.45) is -1.33. The van der Waals surface area contributed by atoms with Crippen molar-refractivity contribution >= 4 is 17.6 Å². The quantitative estimate of drug-likeness (QED) is 0.613. The van der Waals surface area contributed by atoms with Crippen molar-refractivity contribution in [1.82, 2.24) is 10.2 Å². The lowest BCUT2D eigenvalue weighted by molar-refractivity contribution is -0.197. The number of amidine groups is 1. The molecule has 1 heterocycles. The predicted octanol–water partition coefficient (Wildman–Crippen LogP) is 5.59. The standard InChI is InChI=1S/C27H30F3N3O2/c1-25(2,3)20-16-14-19(15-17-20)23(34)32-26(27(28,29)30)24(35)33(21-12-8-5-9-13-21)22(31-26)18-10-6-4-7-11-18/h4,6-7,10-11,14-17,21H,5,8-9,12-13H2,1-3H3,(H,32,34)/t26-/m0/s1. The van der Waals surface area contributed by atoms with E-state index < -0.39 is 29.7 Å². The Labute approximate surface area is 203 Å². The molecular weight excluding hydrogens is 455 g/mol. The number of hydrogen-bond donors (Lipinski definition) is 1. The summed E-state index contributed by atoms with van der Waals surface area (Å²) < 4.78 is 43.9. The molecule has 0 aromatic heterocycles. The predicted molar refractivity (Wildman–Crippen MR) is 128 cm³/mol. The Bertz CT molecular complexity index is 1120. The molecule has 0 unspecified atom stereocenters. The van der Waals surface area contributed by atoms with Crippen LogP contribution >= 0.6 is 0 Å². The molecule has 186 valence electrons. The number of rotatable bonds is 4. The van der Waals surface area contributed by atoms with Crippen LogP contribution in [-0.4, -0.2) is 40.4 Å². The third-order valence-corrected chi connectivity index (χ3v) is 6.72. The van der Waals surface area contributed by atoms with Crippen molar-refractivity contribution in [3.05, 3.63) is 71.3 Å². The van der Waals surface area contributed by atoms with Crippen molar-refractivity contribution in [2.45, 2.75) is 76.2 Å². The van der Waals surface area contributed by atoms with Gasteiger partial charge in [-0.25, -0.2) is 4.99 Å². The second-order valence-corrected chi connectivity index (χ2v) is 10.3. The zero-order valence-electron chi connectivity index (χ0n) is 20.2. The van der Waals surface area contributed by atoms with E-state index in [0.717, 1.165) is 24.8 Å². The molecule has 0 saturated heterocycles. The van der Waals surface area contributed by atoms with Gasteiger partial charge in [0.25, 0.3) is 11.8 Å². The molecular formula is C27H30F3N3O2. The third kappa shape index (κ3) is 4.70. The summed E-state index contributed by atoms with van der Waals surface area (Å²) in [5.74, 6) is -2.31. The number of hydrogen-bond acceptors (Lipinski definition) is 3. The Morgan fingerprint density at radius 3 is 2.11 bits per heavy atom. The lowest BCUT2D eigenvalue weighted by atomic mass is 9.86. The van der Waals surface area contributed by atoms with Crippen LogP contribution in [0, 0.1) is 0 Å². The maximum atomic E-state index is 14.6. The number of carbonyl (C=O) groups excluding carboxylic acids is 2. The molecule has 1 fully saturated rings. The molecule has 1 N–H and O–H groups in total. The van der Waals surface area contributed by atoms with E-state index in [0.29, 0.717) is 18.4 Å². The SMILES string of the molecule is CC(C)(C)c1ccc(C(=O)N[C@@]2(C(F)(F)F)N=C(c3ccccc3)N(C3CCCCC3)C2=O)cc1. The van der Waals surface area contributed by atoms with E-state index in [1.807, 2.05) is 26.1 Å². The van der Waals surface area contributed by atoms with Gasteiger partial charge < -0.3 is 5.32 Å². The Hall–Kier alpha value is -3.16. The largest absolute Gasteiger partial charge is 0.442 e. The summed E-state index contributed by atoms with van der Waals surface area (Å²) in [6, 6.07) is 14.3. The summed E-state index contributed by atoms with van der Waals surface area (Å²) in [6.45, 7) is 5.99. The van der Waals surface area contributed by atoms with Crippen LogP contribution in [0.25, 0.3) is 0 Å². The first-order valence-corrected chi connectivity index (χ1v) is 11.9. The fourth-order valence-corrected chi connectivity index (χ4v) is 4.69. The highest BCUT2D eigenvalue weighted by Crippen LogP contribution is 2.41. The van der Waals surface area contributed by atoms with Crippen molar-refractivity contribution in [3.63, 3.8) is 0 Å². The van der Waals surface area contributed by atoms with Crippen LogP contribution in [0.4, 0.5) is 13.2 Å². The Morgan fingerprint density at radius 2 is 1.57 bits per heavy atom. The molecule has 2 aromatic carbocycles. The average molecular weight is 486 g/mol. The lowest BCUT2D eigenvalue weighted by Gasteiger charge is -2.34. The second kappa shape index (κ2) is 9.13. The number of nitrogens with one attached hydrogen (secondary N) is 1. The highest BCUT2D eigenvalue weighted by Gasteiger charge is 2.67. The molecule has 2 amide bonds. The molecule has 0 bridgehead atoms. The van der Waals surface area contributed by atoms with Crippen LogP contribution in [0.5, 0.6) is 0 Å². The number of nitrogens with zero attached hydrogens (tertiary/aromatic N) is 2. The second-order valence-electron chi connectivity index (χ2n) is 10.3. The van der Waals surface area contributed by atoms with Crippen LogP contribution in [-0.2, 0) is 10.2 Å². The van der Waals surface area contributed by atoms with Crippen molar-refractivity contribution in [2.24, 2.45) is 4.99 Å². The molecule has 35 heavy (non-hydrogen) atoms. The molecule has 2 aliphatic rings. The average Bonchev–Trinajstić information content (AvgIpc) is 3.13. The van der Waals surface area contributed by atoms with Gasteiger partial charge in [-0.3, -0.25) is 14.5 Å². The number of carbonyl (C=O) groups is 2. The summed E-state index contributed by atoms with van der Waals surface area (Å²) >= 11 is 0. The Balaban J connectivity index is 1.75. The molecule has 5 nitrogen and oxygen atoms in total. The lowest BCUT2D eigenvalue weighted by Crippen LogP contribution is -2.64. The number of benzene rings is 2. The van der Waals surface area contributed by atoms with E-state index in [9.17, 15) is 22.8 Å². The molecule has 1 aliphatic heterocycles. The zero-order valence-corrected chi connectivity index (χ0v) is 20.2. The van der Waals surface area contributed by atoms with E-state index in [1.54, 1.807) is 42.5 Å². The zero-order chi connectivity index (χ0) is 25.4. The first-order chi connectivity index (χ1) is 16.4. The fraction of sp³-hybridized carbons (Fsp3) is 0.444. The number of halogens is 3. The van der Waals surface area contributed by atoms with E-state index in [1.165, 1.54) is 17.0 Å². The Kier molecular flexibility index (Phi) is 6.51. The van der Waals surface area contributed by atoms with E-state index in [4.69, 9.17) is 0 Å². The van der Waals surface area contributed by atoms with Crippen LogP contribution in [0.2, 0.25) is 0 Å². The van der Waals surface area contributed by atoms with Gasteiger partial charge in [-0.15, -0.1) is 0 Å². The van der Waals surface area contributed by atoms with E-state index >= 15 is 0 Å². The van der Waals surface area contributed by atoms with E-state index in [2.05, 4.69) is 4.99 Å². The van der Waals surface area contributed by atoms with Gasteiger partial charge in [-0.2, -0.15) is 13.2 Å². The molecule has 2 aromatic rings. The van der Waals surface area contributed by atoms with Gasteiger partial charge in [0, 0.05) is 17.2 Å². The van der Waals surface area contributed by atoms with Crippen molar-refractivity contribution in [1.29, 1.82) is 0 Å². The molecule has 1 aliphatic carbocycles. The van der Waals surface area contributed by atoms with Crippen LogP contribution < -0.4 is 5.32 Å². The van der Waals surface area contributed by atoms with Gasteiger partial charge in [-0.1, -0.05) is 82.5 Å². The third-order valence-electron chi connectivity index (χ3n) is 6.72. The van der Waals surface area contributed by atoms with Crippen molar-refractivity contribution in [3.8, 4) is 0 Å². The van der Waals surface area contributed by atoms with Gasteiger partial charge >= 0.3 is 11.8 Å². The fourth-order valence-electron chi connectivity index (χ4n) is 4.69. The van der Waals surface area contributed by atoms with Crippen LogP contribution in [0.1, 0.15) is 74.4 Å². The molecule has 0 spiro atoms. The monoisotopic (exact) mass is 485 g/mol. The van der Waals surface area contributed by atoms with Gasteiger partial charge in [-0.05, 0) is 36.0 Å². The van der Waals surface area contributed by atoms with Gasteiger partial charge in [0.1, 0.15) is 5.84 Å². The number of amides is 2. The van der Waals surface area contributed by atoms with Gasteiger partial charge in [0.2, 0.25) is 0 Å². The first-order valence-electron chi connectivity index (χ1n) is 11.9.